The molecule has 6 heteroatoms. The molecule has 0 saturated carbocycles. The van der Waals surface area contributed by atoms with Crippen molar-refractivity contribution in [2.45, 2.75) is 12.2 Å². The third-order valence-corrected chi connectivity index (χ3v) is 4.58. The van der Waals surface area contributed by atoms with E-state index in [1.54, 1.807) is 12.1 Å². The molecule has 0 amide bonds. The topological polar surface area (TPSA) is 50.7 Å². The van der Waals surface area contributed by atoms with Crippen molar-refractivity contribution in [1.82, 2.24) is 0 Å². The molecule has 0 radical (unpaired) electrons. The number of fused-ring (bicyclic) bond motifs is 1. The fraction of sp³-hybridized carbons (Fsp3) is 0.158. The van der Waals surface area contributed by atoms with Crippen LogP contribution in [0.3, 0.4) is 0 Å². The molecule has 0 unspecified atom stereocenters. The second kappa shape index (κ2) is 7.98. The predicted molar refractivity (Wildman–Crippen MR) is 99.6 cm³/mol. The highest BCUT2D eigenvalue weighted by molar-refractivity contribution is 8.13. The van der Waals surface area contributed by atoms with Crippen molar-refractivity contribution >= 4 is 34.1 Å². The van der Waals surface area contributed by atoms with Crippen LogP contribution in [0.25, 0.3) is 0 Å². The summed E-state index contributed by atoms with van der Waals surface area (Å²) in [5.41, 5.74) is 2.90. The molecular formula is C19H17FN2O2S. The standard InChI is InChI=1S/C19H17FN2O2S/c1-24-19(23)11-14-10-18(22-17-9-5-4-8-16(17)21-14)25-12-13-6-2-3-7-15(13)20/h2-10,21H,11-12H2,1H3. The summed E-state index contributed by atoms with van der Waals surface area (Å²) in [7, 11) is 1.36. The first kappa shape index (κ1) is 17.2. The number of hydrogen-bond donors (Lipinski definition) is 1. The van der Waals surface area contributed by atoms with Crippen LogP contribution in [0.5, 0.6) is 0 Å². The van der Waals surface area contributed by atoms with E-state index >= 15 is 0 Å². The Balaban J connectivity index is 1.85. The fourth-order valence-corrected chi connectivity index (χ4v) is 3.28. The summed E-state index contributed by atoms with van der Waals surface area (Å²) in [5, 5.41) is 3.93. The second-order valence-electron chi connectivity index (χ2n) is 5.39. The molecule has 4 nitrogen and oxygen atoms in total. The molecule has 0 bridgehead atoms. The molecular weight excluding hydrogens is 339 g/mol. The van der Waals surface area contributed by atoms with Gasteiger partial charge in [-0.3, -0.25) is 4.79 Å². The normalized spacial score (nSPS) is 13.0. The van der Waals surface area contributed by atoms with Crippen molar-refractivity contribution in [2.24, 2.45) is 4.99 Å². The van der Waals surface area contributed by atoms with E-state index in [1.165, 1.54) is 24.9 Å². The molecule has 3 rings (SSSR count). The van der Waals surface area contributed by atoms with Gasteiger partial charge in [-0.2, -0.15) is 0 Å². The summed E-state index contributed by atoms with van der Waals surface area (Å²) in [4.78, 5) is 16.3. The van der Waals surface area contributed by atoms with Crippen LogP contribution in [0, 0.1) is 5.82 Å². The predicted octanol–water partition coefficient (Wildman–Crippen LogP) is 4.66. The molecule has 0 aromatic heterocycles. The summed E-state index contributed by atoms with van der Waals surface area (Å²) in [6.45, 7) is 0. The summed E-state index contributed by atoms with van der Waals surface area (Å²) < 4.78 is 18.6. The lowest BCUT2D eigenvalue weighted by Gasteiger charge is -2.09. The summed E-state index contributed by atoms with van der Waals surface area (Å²) >= 11 is 1.42. The Morgan fingerprint density at radius 1 is 1.20 bits per heavy atom. The number of carbonyl (C=O) groups excluding carboxylic acids is 1. The number of anilines is 1. The van der Waals surface area contributed by atoms with Crippen LogP contribution >= 0.6 is 11.8 Å². The lowest BCUT2D eigenvalue weighted by molar-refractivity contribution is -0.139. The van der Waals surface area contributed by atoms with Crippen LogP contribution in [0.2, 0.25) is 0 Å². The number of nitrogens with one attached hydrogen (secondary N) is 1. The van der Waals surface area contributed by atoms with Gasteiger partial charge < -0.3 is 10.1 Å². The van der Waals surface area contributed by atoms with E-state index in [-0.39, 0.29) is 18.2 Å². The van der Waals surface area contributed by atoms with Gasteiger partial charge in [-0.25, -0.2) is 9.38 Å². The number of aliphatic imine (C=N–C) groups is 1. The van der Waals surface area contributed by atoms with E-state index in [9.17, 15) is 9.18 Å². The molecule has 1 heterocycles. The van der Waals surface area contributed by atoms with Gasteiger partial charge in [0.05, 0.1) is 29.9 Å². The number of benzene rings is 2. The Morgan fingerprint density at radius 3 is 2.76 bits per heavy atom. The summed E-state index contributed by atoms with van der Waals surface area (Å²) in [6.07, 6.45) is 1.92. The quantitative estimate of drug-likeness (QED) is 0.810. The number of hydrogen-bond acceptors (Lipinski definition) is 5. The Hall–Kier alpha value is -2.60. The number of halogens is 1. The molecule has 0 saturated heterocycles. The first-order valence-corrected chi connectivity index (χ1v) is 8.72. The van der Waals surface area contributed by atoms with E-state index in [4.69, 9.17) is 4.74 Å². The van der Waals surface area contributed by atoms with E-state index in [2.05, 4.69) is 10.3 Å². The van der Waals surface area contributed by atoms with Gasteiger partial charge >= 0.3 is 5.97 Å². The lowest BCUT2D eigenvalue weighted by atomic mass is 10.2. The molecule has 25 heavy (non-hydrogen) atoms. The average Bonchev–Trinajstić information content (AvgIpc) is 2.79. The number of methoxy groups -OCH3 is 1. The van der Waals surface area contributed by atoms with Gasteiger partial charge in [0, 0.05) is 11.4 Å². The fourth-order valence-electron chi connectivity index (χ4n) is 2.35. The van der Waals surface area contributed by atoms with E-state index in [0.29, 0.717) is 22.1 Å². The number of para-hydroxylation sites is 2. The minimum Gasteiger partial charge on any atom is -0.469 e. The smallest absolute Gasteiger partial charge is 0.311 e. The van der Waals surface area contributed by atoms with Crippen LogP contribution < -0.4 is 5.32 Å². The van der Waals surface area contributed by atoms with Crippen molar-refractivity contribution in [2.75, 3.05) is 12.4 Å². The largest absolute Gasteiger partial charge is 0.469 e. The average molecular weight is 356 g/mol. The maximum Gasteiger partial charge on any atom is 0.311 e. The van der Waals surface area contributed by atoms with Crippen LogP contribution in [-0.4, -0.2) is 18.1 Å². The number of carbonyl (C=O) groups is 1. The third kappa shape index (κ3) is 4.48. The second-order valence-corrected chi connectivity index (χ2v) is 6.39. The van der Waals surface area contributed by atoms with Gasteiger partial charge in [-0.15, -0.1) is 11.8 Å². The number of esters is 1. The van der Waals surface area contributed by atoms with E-state index < -0.39 is 0 Å². The highest BCUT2D eigenvalue weighted by atomic mass is 32.2. The zero-order chi connectivity index (χ0) is 17.6. The van der Waals surface area contributed by atoms with Crippen molar-refractivity contribution in [3.05, 3.63) is 71.7 Å². The SMILES string of the molecule is COC(=O)CC1=CC(SCc2ccccc2F)=Nc2ccccc2N1. The minimum atomic E-state index is -0.336. The number of rotatable bonds is 4. The van der Waals surface area contributed by atoms with Crippen LogP contribution in [0.4, 0.5) is 15.8 Å². The number of ether oxygens (including phenoxy) is 1. The Kier molecular flexibility index (Phi) is 5.50. The zero-order valence-corrected chi connectivity index (χ0v) is 14.5. The molecule has 128 valence electrons. The third-order valence-electron chi connectivity index (χ3n) is 3.62. The molecule has 1 N–H and O–H groups in total. The Labute approximate surface area is 149 Å². The molecule has 1 aliphatic rings. The first-order valence-electron chi connectivity index (χ1n) is 7.74. The molecule has 2 aromatic carbocycles. The van der Waals surface area contributed by atoms with Crippen molar-refractivity contribution in [1.29, 1.82) is 0 Å². The lowest BCUT2D eigenvalue weighted by Crippen LogP contribution is -2.08. The Morgan fingerprint density at radius 2 is 1.96 bits per heavy atom. The van der Waals surface area contributed by atoms with Crippen LogP contribution in [-0.2, 0) is 15.3 Å². The van der Waals surface area contributed by atoms with E-state index in [0.717, 1.165) is 11.4 Å². The monoisotopic (exact) mass is 356 g/mol. The van der Waals surface area contributed by atoms with Gasteiger partial charge in [-0.05, 0) is 29.8 Å². The minimum absolute atomic E-state index is 0.115. The molecule has 1 aliphatic heterocycles. The Bertz CT molecular complexity index is 849. The van der Waals surface area contributed by atoms with Gasteiger partial charge in [0.15, 0.2) is 0 Å². The highest BCUT2D eigenvalue weighted by Gasteiger charge is 2.14. The first-order chi connectivity index (χ1) is 12.2. The summed E-state index contributed by atoms with van der Waals surface area (Å²) in [5.74, 6) is -0.117. The van der Waals surface area contributed by atoms with Gasteiger partial charge in [-0.1, -0.05) is 30.3 Å². The van der Waals surface area contributed by atoms with Crippen molar-refractivity contribution in [3.63, 3.8) is 0 Å². The zero-order valence-electron chi connectivity index (χ0n) is 13.7. The highest BCUT2D eigenvalue weighted by Crippen LogP contribution is 2.31. The number of nitrogens with zero attached hydrogens (tertiary/aromatic N) is 1. The molecule has 2 aromatic rings. The molecule has 0 aliphatic carbocycles. The number of thioether (sulfide) groups is 1. The summed E-state index contributed by atoms with van der Waals surface area (Å²) in [6, 6.07) is 14.3. The maximum absolute atomic E-state index is 13.8. The van der Waals surface area contributed by atoms with Crippen LogP contribution in [0.15, 0.2) is 65.3 Å². The van der Waals surface area contributed by atoms with Gasteiger partial charge in [0.1, 0.15) is 5.82 Å². The molecule has 0 atom stereocenters. The van der Waals surface area contributed by atoms with Gasteiger partial charge in [0.2, 0.25) is 0 Å². The van der Waals surface area contributed by atoms with Crippen molar-refractivity contribution < 1.29 is 13.9 Å². The van der Waals surface area contributed by atoms with Gasteiger partial charge in [0.25, 0.3) is 0 Å². The molecule has 0 spiro atoms. The van der Waals surface area contributed by atoms with Crippen molar-refractivity contribution in [3.8, 4) is 0 Å². The molecule has 0 fully saturated rings. The maximum atomic E-state index is 13.8. The van der Waals surface area contributed by atoms with Crippen LogP contribution in [0.1, 0.15) is 12.0 Å². The van der Waals surface area contributed by atoms with E-state index in [1.807, 2.05) is 36.4 Å².